The van der Waals surface area contributed by atoms with E-state index in [-0.39, 0.29) is 0 Å². The average molecular weight is 379 g/mol. The van der Waals surface area contributed by atoms with Crippen molar-refractivity contribution in [3.8, 4) is 22.3 Å². The fourth-order valence-corrected chi connectivity index (χ4v) is 3.84. The second-order valence-electron chi connectivity index (χ2n) is 7.21. The van der Waals surface area contributed by atoms with Crippen LogP contribution in [0.2, 0.25) is 0 Å². The molecule has 0 aliphatic carbocycles. The van der Waals surface area contributed by atoms with E-state index in [9.17, 15) is 0 Å². The molecule has 0 saturated carbocycles. The Balaban J connectivity index is 0.000000994. The predicted octanol–water partition coefficient (Wildman–Crippen LogP) is 8.56. The standard InChI is InChI=1S/C26H20O.C2H6/c1-17-11-13-20(14-12-17)23-15-18(2)16-24-22-10-6-9-21(25(22)27-26(23)24)19-7-4-3-5-8-19;1-2/h3-16H,1-2H3;1-2H3. The summed E-state index contributed by atoms with van der Waals surface area (Å²) in [5.74, 6) is 0. The second kappa shape index (κ2) is 7.97. The number of aryl methyl sites for hydroxylation is 2. The Hall–Kier alpha value is -3.32. The van der Waals surface area contributed by atoms with Gasteiger partial charge < -0.3 is 4.42 Å². The minimum absolute atomic E-state index is 0.956. The molecular formula is C28H26O. The first-order chi connectivity index (χ1) is 14.2. The van der Waals surface area contributed by atoms with Crippen LogP contribution in [0.15, 0.2) is 89.3 Å². The van der Waals surface area contributed by atoms with E-state index in [1.807, 2.05) is 19.9 Å². The second-order valence-corrected chi connectivity index (χ2v) is 7.21. The highest BCUT2D eigenvalue weighted by atomic mass is 16.3. The molecule has 0 unspecified atom stereocenters. The Kier molecular flexibility index (Phi) is 5.22. The van der Waals surface area contributed by atoms with Crippen molar-refractivity contribution in [2.24, 2.45) is 0 Å². The van der Waals surface area contributed by atoms with Crippen molar-refractivity contribution in [1.29, 1.82) is 0 Å². The summed E-state index contributed by atoms with van der Waals surface area (Å²) in [5.41, 5.74) is 9.08. The first-order valence-electron chi connectivity index (χ1n) is 10.3. The van der Waals surface area contributed by atoms with E-state index in [4.69, 9.17) is 4.42 Å². The molecule has 4 aromatic carbocycles. The number of fused-ring (bicyclic) bond motifs is 3. The summed E-state index contributed by atoms with van der Waals surface area (Å²) in [6.07, 6.45) is 0. The van der Waals surface area contributed by atoms with Crippen LogP contribution < -0.4 is 0 Å². The molecule has 0 radical (unpaired) electrons. The molecule has 0 aliphatic heterocycles. The summed E-state index contributed by atoms with van der Waals surface area (Å²) in [5, 5.41) is 2.35. The van der Waals surface area contributed by atoms with Gasteiger partial charge >= 0.3 is 0 Å². The van der Waals surface area contributed by atoms with Gasteiger partial charge in [0.25, 0.3) is 0 Å². The molecule has 0 N–H and O–H groups in total. The van der Waals surface area contributed by atoms with Gasteiger partial charge in [-0.05, 0) is 42.7 Å². The van der Waals surface area contributed by atoms with E-state index >= 15 is 0 Å². The summed E-state index contributed by atoms with van der Waals surface area (Å²) in [4.78, 5) is 0. The first-order valence-corrected chi connectivity index (χ1v) is 10.3. The largest absolute Gasteiger partial charge is 0.455 e. The minimum atomic E-state index is 0.956. The monoisotopic (exact) mass is 378 g/mol. The third-order valence-corrected chi connectivity index (χ3v) is 5.19. The first kappa shape index (κ1) is 19.0. The Morgan fingerprint density at radius 2 is 1.17 bits per heavy atom. The van der Waals surface area contributed by atoms with Gasteiger partial charge in [-0.2, -0.15) is 0 Å². The van der Waals surface area contributed by atoms with Crippen LogP contribution in [0.25, 0.3) is 44.2 Å². The molecule has 1 heterocycles. The molecule has 5 rings (SSSR count). The van der Waals surface area contributed by atoms with Crippen molar-refractivity contribution in [2.75, 3.05) is 0 Å². The van der Waals surface area contributed by atoms with Gasteiger partial charge in [-0.15, -0.1) is 0 Å². The normalized spacial score (nSPS) is 10.8. The Labute approximate surface area is 172 Å². The molecule has 29 heavy (non-hydrogen) atoms. The van der Waals surface area contributed by atoms with Gasteiger partial charge in [0, 0.05) is 21.9 Å². The molecule has 1 nitrogen and oxygen atoms in total. The van der Waals surface area contributed by atoms with Crippen molar-refractivity contribution in [2.45, 2.75) is 27.7 Å². The van der Waals surface area contributed by atoms with Crippen LogP contribution in [0.4, 0.5) is 0 Å². The van der Waals surface area contributed by atoms with Crippen LogP contribution in [-0.4, -0.2) is 0 Å². The van der Waals surface area contributed by atoms with Crippen LogP contribution in [0, 0.1) is 13.8 Å². The highest BCUT2D eigenvalue weighted by molar-refractivity contribution is 6.13. The van der Waals surface area contributed by atoms with Gasteiger partial charge in [0.15, 0.2) is 0 Å². The fourth-order valence-electron chi connectivity index (χ4n) is 3.84. The smallest absolute Gasteiger partial charge is 0.143 e. The minimum Gasteiger partial charge on any atom is -0.455 e. The quantitative estimate of drug-likeness (QED) is 0.300. The van der Waals surface area contributed by atoms with Gasteiger partial charge in [0.05, 0.1) is 0 Å². The molecule has 1 aromatic heterocycles. The molecule has 0 atom stereocenters. The molecule has 0 saturated heterocycles. The SMILES string of the molecule is CC.Cc1ccc(-c2cc(C)cc3c2oc2c(-c4ccccc4)cccc23)cc1. The van der Waals surface area contributed by atoms with Crippen LogP contribution in [0.1, 0.15) is 25.0 Å². The highest BCUT2D eigenvalue weighted by Gasteiger charge is 2.16. The van der Waals surface area contributed by atoms with E-state index in [2.05, 4.69) is 92.7 Å². The van der Waals surface area contributed by atoms with Gasteiger partial charge in [0.1, 0.15) is 11.2 Å². The Bertz CT molecular complexity index is 1260. The summed E-state index contributed by atoms with van der Waals surface area (Å²) in [6, 6.07) is 30.0. The van der Waals surface area contributed by atoms with Gasteiger partial charge in [0.2, 0.25) is 0 Å². The zero-order valence-corrected chi connectivity index (χ0v) is 17.5. The Morgan fingerprint density at radius 3 is 1.90 bits per heavy atom. The highest BCUT2D eigenvalue weighted by Crippen LogP contribution is 2.40. The maximum Gasteiger partial charge on any atom is 0.143 e. The number of hydrogen-bond acceptors (Lipinski definition) is 1. The third-order valence-electron chi connectivity index (χ3n) is 5.19. The summed E-state index contributed by atoms with van der Waals surface area (Å²) in [6.45, 7) is 8.26. The Morgan fingerprint density at radius 1 is 0.517 bits per heavy atom. The zero-order valence-electron chi connectivity index (χ0n) is 17.5. The number of furan rings is 1. The van der Waals surface area contributed by atoms with E-state index in [1.54, 1.807) is 0 Å². The lowest BCUT2D eigenvalue weighted by Gasteiger charge is -2.05. The summed E-state index contributed by atoms with van der Waals surface area (Å²) in [7, 11) is 0. The molecule has 0 amide bonds. The van der Waals surface area contributed by atoms with Crippen molar-refractivity contribution in [1.82, 2.24) is 0 Å². The molecule has 5 aromatic rings. The van der Waals surface area contributed by atoms with Crippen molar-refractivity contribution >= 4 is 21.9 Å². The summed E-state index contributed by atoms with van der Waals surface area (Å²) < 4.78 is 6.51. The maximum absolute atomic E-state index is 6.51. The molecule has 144 valence electrons. The van der Waals surface area contributed by atoms with Crippen LogP contribution in [-0.2, 0) is 0 Å². The average Bonchev–Trinajstić information content (AvgIpc) is 3.14. The number of hydrogen-bond donors (Lipinski definition) is 0. The van der Waals surface area contributed by atoms with E-state index < -0.39 is 0 Å². The van der Waals surface area contributed by atoms with E-state index in [0.717, 1.165) is 22.3 Å². The molecule has 0 fully saturated rings. The lowest BCUT2D eigenvalue weighted by Crippen LogP contribution is -1.82. The van der Waals surface area contributed by atoms with Crippen molar-refractivity contribution in [3.05, 3.63) is 96.1 Å². The predicted molar refractivity (Wildman–Crippen MR) is 125 cm³/mol. The third kappa shape index (κ3) is 3.45. The van der Waals surface area contributed by atoms with Crippen molar-refractivity contribution in [3.63, 3.8) is 0 Å². The summed E-state index contributed by atoms with van der Waals surface area (Å²) >= 11 is 0. The lowest BCUT2D eigenvalue weighted by atomic mass is 9.98. The molecule has 0 aliphatic rings. The van der Waals surface area contributed by atoms with Gasteiger partial charge in [-0.25, -0.2) is 0 Å². The van der Waals surface area contributed by atoms with E-state index in [1.165, 1.54) is 33.0 Å². The van der Waals surface area contributed by atoms with Crippen molar-refractivity contribution < 1.29 is 4.42 Å². The molecular weight excluding hydrogens is 352 g/mol. The molecule has 0 spiro atoms. The van der Waals surface area contributed by atoms with Crippen LogP contribution in [0.5, 0.6) is 0 Å². The number of rotatable bonds is 2. The molecule has 1 heteroatoms. The topological polar surface area (TPSA) is 13.1 Å². The van der Waals surface area contributed by atoms with E-state index in [0.29, 0.717) is 0 Å². The number of para-hydroxylation sites is 1. The molecule has 0 bridgehead atoms. The maximum atomic E-state index is 6.51. The fraction of sp³-hybridized carbons (Fsp3) is 0.143. The lowest BCUT2D eigenvalue weighted by molar-refractivity contribution is 0.671. The van der Waals surface area contributed by atoms with Gasteiger partial charge in [-0.1, -0.05) is 92.2 Å². The number of benzene rings is 4. The van der Waals surface area contributed by atoms with Crippen LogP contribution in [0.3, 0.4) is 0 Å². The zero-order chi connectivity index (χ0) is 20.4. The van der Waals surface area contributed by atoms with Gasteiger partial charge in [-0.3, -0.25) is 0 Å². The van der Waals surface area contributed by atoms with Crippen LogP contribution >= 0.6 is 0 Å².